The van der Waals surface area contributed by atoms with Crippen molar-refractivity contribution in [1.82, 2.24) is 4.90 Å². The van der Waals surface area contributed by atoms with Gasteiger partial charge in [-0.1, -0.05) is 34.1 Å². The molecule has 1 aliphatic heterocycles. The van der Waals surface area contributed by atoms with Crippen molar-refractivity contribution in [2.24, 2.45) is 10.8 Å². The Morgan fingerprint density at radius 2 is 2.12 bits per heavy atom. The number of rotatable bonds is 5. The molecule has 1 atom stereocenters. The van der Waals surface area contributed by atoms with Crippen molar-refractivity contribution in [2.45, 2.75) is 53.4 Å². The lowest BCUT2D eigenvalue weighted by atomic mass is 9.81. The first-order chi connectivity index (χ1) is 7.41. The van der Waals surface area contributed by atoms with Crippen molar-refractivity contribution >= 4 is 6.29 Å². The van der Waals surface area contributed by atoms with Crippen molar-refractivity contribution in [3.63, 3.8) is 0 Å². The first kappa shape index (κ1) is 13.7. The Morgan fingerprint density at radius 1 is 1.44 bits per heavy atom. The number of likely N-dealkylation sites (tertiary alicyclic amines) is 1. The van der Waals surface area contributed by atoms with Gasteiger partial charge in [0, 0.05) is 18.5 Å². The first-order valence-corrected chi connectivity index (χ1v) is 6.59. The zero-order valence-electron chi connectivity index (χ0n) is 11.4. The van der Waals surface area contributed by atoms with E-state index in [1.165, 1.54) is 12.8 Å². The molecule has 1 fully saturated rings. The summed E-state index contributed by atoms with van der Waals surface area (Å²) >= 11 is 0. The quantitative estimate of drug-likeness (QED) is 0.670. The van der Waals surface area contributed by atoms with Crippen LogP contribution in [0.5, 0.6) is 0 Å². The number of hydrogen-bond acceptors (Lipinski definition) is 2. The van der Waals surface area contributed by atoms with Gasteiger partial charge in [-0.3, -0.25) is 0 Å². The molecule has 0 aromatic heterocycles. The van der Waals surface area contributed by atoms with Crippen molar-refractivity contribution in [1.29, 1.82) is 0 Å². The minimum absolute atomic E-state index is 0.137. The van der Waals surface area contributed by atoms with Crippen LogP contribution in [0.2, 0.25) is 0 Å². The van der Waals surface area contributed by atoms with E-state index in [4.69, 9.17) is 0 Å². The molecule has 0 aliphatic carbocycles. The first-order valence-electron chi connectivity index (χ1n) is 6.59. The average molecular weight is 225 g/mol. The molecular formula is C14H27NO. The molecule has 0 saturated carbocycles. The summed E-state index contributed by atoms with van der Waals surface area (Å²) in [5.41, 5.74) is 0.288. The highest BCUT2D eigenvalue weighted by atomic mass is 16.1. The van der Waals surface area contributed by atoms with Gasteiger partial charge in [0.2, 0.25) is 0 Å². The van der Waals surface area contributed by atoms with Gasteiger partial charge >= 0.3 is 0 Å². The van der Waals surface area contributed by atoms with E-state index in [1.54, 1.807) is 0 Å². The van der Waals surface area contributed by atoms with E-state index in [0.717, 1.165) is 38.8 Å². The molecule has 2 nitrogen and oxygen atoms in total. The number of nitrogens with zero attached hydrogens (tertiary/aromatic N) is 1. The maximum Gasteiger partial charge on any atom is 0.127 e. The summed E-state index contributed by atoms with van der Waals surface area (Å²) in [7, 11) is 0. The second-order valence-corrected chi connectivity index (χ2v) is 6.50. The fourth-order valence-electron chi connectivity index (χ4n) is 2.94. The van der Waals surface area contributed by atoms with Crippen LogP contribution in [-0.4, -0.2) is 30.8 Å². The van der Waals surface area contributed by atoms with Gasteiger partial charge in [-0.15, -0.1) is 0 Å². The van der Waals surface area contributed by atoms with E-state index in [0.29, 0.717) is 5.41 Å². The van der Waals surface area contributed by atoms with Crippen LogP contribution in [0.25, 0.3) is 0 Å². The molecule has 1 aliphatic rings. The van der Waals surface area contributed by atoms with Crippen molar-refractivity contribution in [3.8, 4) is 0 Å². The highest BCUT2D eigenvalue weighted by Crippen LogP contribution is 2.31. The molecule has 0 aromatic rings. The Kier molecular flexibility index (Phi) is 4.54. The van der Waals surface area contributed by atoms with Crippen LogP contribution in [0, 0.1) is 10.8 Å². The zero-order chi connectivity index (χ0) is 12.2. The predicted octanol–water partition coefficient (Wildman–Crippen LogP) is 3.11. The van der Waals surface area contributed by atoms with Crippen LogP contribution in [0.3, 0.4) is 0 Å². The molecule has 0 amide bonds. The topological polar surface area (TPSA) is 20.3 Å². The number of piperidine rings is 1. The Bertz CT molecular complexity index is 237. The van der Waals surface area contributed by atoms with Crippen LogP contribution < -0.4 is 0 Å². The van der Waals surface area contributed by atoms with Crippen LogP contribution in [0.4, 0.5) is 0 Å². The second kappa shape index (κ2) is 5.31. The Hall–Kier alpha value is -0.370. The molecule has 0 aromatic carbocycles. The van der Waals surface area contributed by atoms with E-state index in [9.17, 15) is 4.79 Å². The van der Waals surface area contributed by atoms with Gasteiger partial charge in [0.05, 0.1) is 0 Å². The largest absolute Gasteiger partial charge is 0.303 e. The van der Waals surface area contributed by atoms with Crippen molar-refractivity contribution in [2.75, 3.05) is 19.6 Å². The summed E-state index contributed by atoms with van der Waals surface area (Å²) in [6, 6.07) is 0. The molecule has 1 unspecified atom stereocenters. The minimum atomic E-state index is -0.137. The monoisotopic (exact) mass is 225 g/mol. The van der Waals surface area contributed by atoms with Crippen molar-refractivity contribution in [3.05, 3.63) is 0 Å². The van der Waals surface area contributed by atoms with Crippen molar-refractivity contribution < 1.29 is 4.79 Å². The highest BCUT2D eigenvalue weighted by molar-refractivity contribution is 5.59. The van der Waals surface area contributed by atoms with Gasteiger partial charge in [0.15, 0.2) is 0 Å². The third kappa shape index (κ3) is 3.89. The van der Waals surface area contributed by atoms with E-state index >= 15 is 0 Å². The van der Waals surface area contributed by atoms with Gasteiger partial charge in [-0.25, -0.2) is 0 Å². The van der Waals surface area contributed by atoms with Gasteiger partial charge < -0.3 is 9.69 Å². The van der Waals surface area contributed by atoms with Crippen LogP contribution >= 0.6 is 0 Å². The molecular weight excluding hydrogens is 198 g/mol. The van der Waals surface area contributed by atoms with E-state index < -0.39 is 0 Å². The predicted molar refractivity (Wildman–Crippen MR) is 68.5 cm³/mol. The normalized spacial score (nSPS) is 25.0. The molecule has 94 valence electrons. The maximum atomic E-state index is 11.2. The minimum Gasteiger partial charge on any atom is -0.303 e. The van der Waals surface area contributed by atoms with Gasteiger partial charge in [0.1, 0.15) is 6.29 Å². The summed E-state index contributed by atoms with van der Waals surface area (Å²) in [5, 5.41) is 0. The molecule has 1 saturated heterocycles. The van der Waals surface area contributed by atoms with Crippen LogP contribution in [-0.2, 0) is 4.79 Å². The SMILES string of the molecule is CCCC(C)(C=O)CN1CCCC(C)(C)C1. The third-order valence-electron chi connectivity index (χ3n) is 3.67. The second-order valence-electron chi connectivity index (χ2n) is 6.50. The summed E-state index contributed by atoms with van der Waals surface area (Å²) < 4.78 is 0. The third-order valence-corrected chi connectivity index (χ3v) is 3.67. The van der Waals surface area contributed by atoms with Gasteiger partial charge in [-0.05, 0) is 31.2 Å². The lowest BCUT2D eigenvalue weighted by Gasteiger charge is -2.41. The van der Waals surface area contributed by atoms with Crippen LogP contribution in [0.1, 0.15) is 53.4 Å². The van der Waals surface area contributed by atoms with E-state index in [-0.39, 0.29) is 5.41 Å². The summed E-state index contributed by atoms with van der Waals surface area (Å²) in [4.78, 5) is 13.7. The van der Waals surface area contributed by atoms with Gasteiger partial charge in [-0.2, -0.15) is 0 Å². The molecule has 1 rings (SSSR count). The zero-order valence-corrected chi connectivity index (χ0v) is 11.4. The highest BCUT2D eigenvalue weighted by Gasteiger charge is 2.31. The summed E-state index contributed by atoms with van der Waals surface area (Å²) in [6.45, 7) is 12.2. The van der Waals surface area contributed by atoms with Crippen LogP contribution in [0.15, 0.2) is 0 Å². The smallest absolute Gasteiger partial charge is 0.127 e. The molecule has 0 radical (unpaired) electrons. The standard InChI is InChI=1S/C14H27NO/c1-5-7-14(4,12-16)11-15-9-6-8-13(2,3)10-15/h12H,5-11H2,1-4H3. The Labute approximate surface area is 100 Å². The Morgan fingerprint density at radius 3 is 2.62 bits per heavy atom. The number of carbonyl (C=O) groups excluding carboxylic acids is 1. The number of hydrogen-bond donors (Lipinski definition) is 0. The number of aldehydes is 1. The molecule has 0 N–H and O–H groups in total. The Balaban J connectivity index is 2.55. The molecule has 2 heteroatoms. The summed E-state index contributed by atoms with van der Waals surface area (Å²) in [5.74, 6) is 0. The lowest BCUT2D eigenvalue weighted by molar-refractivity contribution is -0.117. The molecule has 0 bridgehead atoms. The fraction of sp³-hybridized carbons (Fsp3) is 0.929. The fourth-order valence-corrected chi connectivity index (χ4v) is 2.94. The van der Waals surface area contributed by atoms with E-state index in [2.05, 4.69) is 32.6 Å². The van der Waals surface area contributed by atoms with E-state index in [1.807, 2.05) is 0 Å². The molecule has 16 heavy (non-hydrogen) atoms. The molecule has 1 heterocycles. The average Bonchev–Trinajstić information content (AvgIpc) is 2.16. The maximum absolute atomic E-state index is 11.2. The number of carbonyl (C=O) groups is 1. The lowest BCUT2D eigenvalue weighted by Crippen LogP contribution is -2.45. The molecule has 0 spiro atoms. The summed E-state index contributed by atoms with van der Waals surface area (Å²) in [6.07, 6.45) is 5.85. The van der Waals surface area contributed by atoms with Gasteiger partial charge in [0.25, 0.3) is 0 Å².